The Morgan fingerprint density at radius 3 is 2.58 bits per heavy atom. The molecule has 0 atom stereocenters. The molecule has 2 heterocycles. The van der Waals surface area contributed by atoms with Crippen LogP contribution in [0.15, 0.2) is 28.7 Å². The Kier molecular flexibility index (Phi) is 5.14. The summed E-state index contributed by atoms with van der Waals surface area (Å²) in [6, 6.07) is 6.91. The minimum atomic E-state index is -0.508. The number of piperidine rings is 1. The lowest BCUT2D eigenvalue weighted by Gasteiger charge is -2.33. The molecule has 0 aliphatic carbocycles. The SMILES string of the molecule is CC(C)(C)OC(=O)N1CCC(NC(=O)c2cc3cc(Cl)ccc3o2)CC1. The first-order chi connectivity index (χ1) is 12.2. The molecule has 0 bridgehead atoms. The van der Waals surface area contributed by atoms with Crippen LogP contribution in [0, 0.1) is 0 Å². The average Bonchev–Trinajstić information content (AvgIpc) is 2.97. The zero-order valence-electron chi connectivity index (χ0n) is 15.2. The molecular formula is C19H23ClN2O4. The molecule has 1 aliphatic heterocycles. The summed E-state index contributed by atoms with van der Waals surface area (Å²) < 4.78 is 11.0. The van der Waals surface area contributed by atoms with Crippen molar-refractivity contribution in [2.75, 3.05) is 13.1 Å². The predicted molar refractivity (Wildman–Crippen MR) is 99.5 cm³/mol. The van der Waals surface area contributed by atoms with E-state index in [0.717, 1.165) is 5.39 Å². The molecule has 6 nitrogen and oxygen atoms in total. The number of nitrogens with one attached hydrogen (secondary N) is 1. The zero-order chi connectivity index (χ0) is 18.9. The van der Waals surface area contributed by atoms with Crippen LogP contribution in [-0.2, 0) is 4.74 Å². The van der Waals surface area contributed by atoms with Gasteiger partial charge in [0.05, 0.1) is 0 Å². The average molecular weight is 379 g/mol. The standard InChI is InChI=1S/C19H23ClN2O4/c1-19(2,3)26-18(24)22-8-6-14(7-9-22)21-17(23)16-11-12-10-13(20)4-5-15(12)25-16/h4-5,10-11,14H,6-9H2,1-3H3,(H,21,23). The van der Waals surface area contributed by atoms with E-state index >= 15 is 0 Å². The second-order valence-corrected chi connectivity index (χ2v) is 7.94. The molecule has 0 radical (unpaired) electrons. The van der Waals surface area contributed by atoms with E-state index in [1.807, 2.05) is 20.8 Å². The monoisotopic (exact) mass is 378 g/mol. The van der Waals surface area contributed by atoms with E-state index in [2.05, 4.69) is 5.32 Å². The highest BCUT2D eigenvalue weighted by atomic mass is 35.5. The molecule has 140 valence electrons. The molecule has 0 spiro atoms. The second kappa shape index (κ2) is 7.19. The van der Waals surface area contributed by atoms with E-state index in [-0.39, 0.29) is 23.8 Å². The summed E-state index contributed by atoms with van der Waals surface area (Å²) in [6.45, 7) is 6.64. The Morgan fingerprint density at radius 2 is 1.92 bits per heavy atom. The van der Waals surface area contributed by atoms with Gasteiger partial charge in [0.1, 0.15) is 11.2 Å². The quantitative estimate of drug-likeness (QED) is 0.849. The van der Waals surface area contributed by atoms with Crippen molar-refractivity contribution in [3.63, 3.8) is 0 Å². The van der Waals surface area contributed by atoms with E-state index < -0.39 is 5.60 Å². The topological polar surface area (TPSA) is 71.8 Å². The number of benzene rings is 1. The van der Waals surface area contributed by atoms with Gasteiger partial charge >= 0.3 is 6.09 Å². The summed E-state index contributed by atoms with van der Waals surface area (Å²) in [5.74, 6) is 0.00452. The first-order valence-electron chi connectivity index (χ1n) is 8.69. The molecule has 26 heavy (non-hydrogen) atoms. The fraction of sp³-hybridized carbons (Fsp3) is 0.474. The zero-order valence-corrected chi connectivity index (χ0v) is 15.9. The minimum Gasteiger partial charge on any atom is -0.451 e. The lowest BCUT2D eigenvalue weighted by Crippen LogP contribution is -2.47. The number of likely N-dealkylation sites (tertiary alicyclic amines) is 1. The lowest BCUT2D eigenvalue weighted by molar-refractivity contribution is 0.0199. The molecule has 1 aliphatic rings. The van der Waals surface area contributed by atoms with Crippen LogP contribution < -0.4 is 5.32 Å². The molecule has 1 aromatic heterocycles. The van der Waals surface area contributed by atoms with Crippen molar-refractivity contribution in [1.82, 2.24) is 10.2 Å². The third-order valence-corrected chi connectivity index (χ3v) is 4.42. The van der Waals surface area contributed by atoms with Crippen LogP contribution in [0.3, 0.4) is 0 Å². The third-order valence-electron chi connectivity index (χ3n) is 4.18. The summed E-state index contributed by atoms with van der Waals surface area (Å²) in [6.07, 6.45) is 1.05. The molecule has 0 unspecified atom stereocenters. The van der Waals surface area contributed by atoms with Gasteiger partial charge in [-0.3, -0.25) is 4.79 Å². The molecule has 1 aromatic carbocycles. The van der Waals surface area contributed by atoms with E-state index in [0.29, 0.717) is 36.5 Å². The Labute approximate surface area is 157 Å². The Morgan fingerprint density at radius 1 is 1.23 bits per heavy atom. The number of fused-ring (bicyclic) bond motifs is 1. The molecule has 1 fully saturated rings. The van der Waals surface area contributed by atoms with Crippen LogP contribution >= 0.6 is 11.6 Å². The van der Waals surface area contributed by atoms with Gasteiger partial charge in [-0.25, -0.2) is 4.79 Å². The van der Waals surface area contributed by atoms with Crippen LogP contribution in [0.25, 0.3) is 11.0 Å². The molecule has 2 amide bonds. The van der Waals surface area contributed by atoms with Gasteiger partial charge in [-0.05, 0) is 57.9 Å². The van der Waals surface area contributed by atoms with Crippen molar-refractivity contribution in [3.05, 3.63) is 35.0 Å². The summed E-state index contributed by atoms with van der Waals surface area (Å²) in [4.78, 5) is 26.2. The first kappa shape index (κ1) is 18.6. The number of hydrogen-bond donors (Lipinski definition) is 1. The molecular weight excluding hydrogens is 356 g/mol. The predicted octanol–water partition coefficient (Wildman–Crippen LogP) is 4.22. The van der Waals surface area contributed by atoms with Crippen LogP contribution in [0.2, 0.25) is 5.02 Å². The highest BCUT2D eigenvalue weighted by Gasteiger charge is 2.28. The molecule has 2 aromatic rings. The van der Waals surface area contributed by atoms with Crippen LogP contribution in [-0.4, -0.2) is 41.6 Å². The number of halogens is 1. The molecule has 3 rings (SSSR count). The van der Waals surface area contributed by atoms with Gasteiger partial charge in [0.15, 0.2) is 5.76 Å². The van der Waals surface area contributed by atoms with Gasteiger partial charge in [-0.2, -0.15) is 0 Å². The second-order valence-electron chi connectivity index (χ2n) is 7.51. The van der Waals surface area contributed by atoms with Gasteiger partial charge < -0.3 is 19.4 Å². The van der Waals surface area contributed by atoms with Crippen molar-refractivity contribution in [3.8, 4) is 0 Å². The van der Waals surface area contributed by atoms with Gasteiger partial charge in [-0.15, -0.1) is 0 Å². The van der Waals surface area contributed by atoms with Crippen molar-refractivity contribution in [1.29, 1.82) is 0 Å². The van der Waals surface area contributed by atoms with Crippen LogP contribution in [0.1, 0.15) is 44.2 Å². The maximum atomic E-state index is 12.4. The van der Waals surface area contributed by atoms with Gasteiger partial charge in [0, 0.05) is 29.5 Å². The molecule has 1 N–H and O–H groups in total. The summed E-state index contributed by atoms with van der Waals surface area (Å²) in [5, 5.41) is 4.36. The Balaban J connectivity index is 1.55. The Bertz CT molecular complexity index is 817. The van der Waals surface area contributed by atoms with Gasteiger partial charge in [-0.1, -0.05) is 11.6 Å². The van der Waals surface area contributed by atoms with E-state index in [9.17, 15) is 9.59 Å². The van der Waals surface area contributed by atoms with Crippen LogP contribution in [0.4, 0.5) is 4.79 Å². The third kappa shape index (κ3) is 4.49. The smallest absolute Gasteiger partial charge is 0.410 e. The number of nitrogens with zero attached hydrogens (tertiary/aromatic N) is 1. The maximum Gasteiger partial charge on any atom is 0.410 e. The number of furan rings is 1. The number of amides is 2. The summed E-state index contributed by atoms with van der Waals surface area (Å²) in [7, 11) is 0. The molecule has 0 saturated carbocycles. The Hall–Kier alpha value is -2.21. The fourth-order valence-electron chi connectivity index (χ4n) is 2.92. The summed E-state index contributed by atoms with van der Waals surface area (Å²) >= 11 is 5.96. The van der Waals surface area contributed by atoms with Gasteiger partial charge in [0.2, 0.25) is 0 Å². The van der Waals surface area contributed by atoms with Crippen molar-refractivity contribution < 1.29 is 18.7 Å². The largest absolute Gasteiger partial charge is 0.451 e. The fourth-order valence-corrected chi connectivity index (χ4v) is 3.10. The molecule has 7 heteroatoms. The molecule has 1 saturated heterocycles. The summed E-state index contributed by atoms with van der Waals surface area (Å²) in [5.41, 5.74) is 0.117. The highest BCUT2D eigenvalue weighted by Crippen LogP contribution is 2.23. The van der Waals surface area contributed by atoms with Crippen molar-refractivity contribution in [2.45, 2.75) is 45.3 Å². The number of hydrogen-bond acceptors (Lipinski definition) is 4. The highest BCUT2D eigenvalue weighted by molar-refractivity contribution is 6.31. The van der Waals surface area contributed by atoms with E-state index in [1.54, 1.807) is 29.2 Å². The van der Waals surface area contributed by atoms with Crippen molar-refractivity contribution >= 4 is 34.6 Å². The number of carbonyl (C=O) groups is 2. The van der Waals surface area contributed by atoms with E-state index in [1.165, 1.54) is 0 Å². The van der Waals surface area contributed by atoms with Gasteiger partial charge in [0.25, 0.3) is 5.91 Å². The maximum absolute atomic E-state index is 12.4. The van der Waals surface area contributed by atoms with Crippen LogP contribution in [0.5, 0.6) is 0 Å². The van der Waals surface area contributed by atoms with E-state index in [4.69, 9.17) is 20.8 Å². The first-order valence-corrected chi connectivity index (χ1v) is 9.07. The lowest BCUT2D eigenvalue weighted by atomic mass is 10.1. The normalized spacial score (nSPS) is 15.9. The number of carbonyl (C=O) groups excluding carboxylic acids is 2. The number of rotatable bonds is 2. The number of ether oxygens (including phenoxy) is 1. The minimum absolute atomic E-state index is 0.00186. The van der Waals surface area contributed by atoms with Crippen molar-refractivity contribution in [2.24, 2.45) is 0 Å².